The SMILES string of the molecule is CC1=NC2=C(C(=O)CCC2)[C@H](c2cccc(Cl)c2)C1C(=O)OCCc1ccccc1. The van der Waals surface area contributed by atoms with Crippen molar-refractivity contribution >= 4 is 29.1 Å². The first-order chi connectivity index (χ1) is 14.5. The predicted octanol–water partition coefficient (Wildman–Crippen LogP) is 5.31. The van der Waals surface area contributed by atoms with E-state index in [1.807, 2.05) is 55.5 Å². The summed E-state index contributed by atoms with van der Waals surface area (Å²) in [6.07, 6.45) is 2.68. The molecule has 0 bridgehead atoms. The number of carbonyl (C=O) groups is 2. The molecule has 2 aliphatic rings. The standard InChI is InChI=1S/C25H24ClNO3/c1-16-22(25(29)30-14-13-17-7-3-2-4-8-17)23(18-9-5-10-19(26)15-18)24-20(27-16)11-6-12-21(24)28/h2-5,7-10,15,22-23H,6,11-14H2,1H3/t22?,23-/m1/s1. The minimum absolute atomic E-state index is 0.0690. The molecule has 1 aliphatic heterocycles. The fourth-order valence-corrected chi connectivity index (χ4v) is 4.57. The number of hydrogen-bond donors (Lipinski definition) is 0. The highest BCUT2D eigenvalue weighted by Gasteiger charge is 2.43. The van der Waals surface area contributed by atoms with Gasteiger partial charge in [-0.3, -0.25) is 14.6 Å². The molecular weight excluding hydrogens is 398 g/mol. The second-order valence-electron chi connectivity index (χ2n) is 7.80. The largest absolute Gasteiger partial charge is 0.465 e. The lowest BCUT2D eigenvalue weighted by Gasteiger charge is -2.34. The van der Waals surface area contributed by atoms with Gasteiger partial charge in [-0.1, -0.05) is 54.1 Å². The third kappa shape index (κ3) is 4.24. The van der Waals surface area contributed by atoms with Crippen LogP contribution in [0.3, 0.4) is 0 Å². The number of carbonyl (C=O) groups excluding carboxylic acids is 2. The van der Waals surface area contributed by atoms with Crippen molar-refractivity contribution in [3.63, 3.8) is 0 Å². The summed E-state index contributed by atoms with van der Waals surface area (Å²) in [5.41, 5.74) is 4.11. The lowest BCUT2D eigenvalue weighted by atomic mass is 9.72. The van der Waals surface area contributed by atoms with E-state index in [4.69, 9.17) is 16.3 Å². The van der Waals surface area contributed by atoms with Gasteiger partial charge in [-0.05, 0) is 43.0 Å². The summed E-state index contributed by atoms with van der Waals surface area (Å²) in [4.78, 5) is 30.7. The fourth-order valence-electron chi connectivity index (χ4n) is 4.38. The molecule has 0 saturated heterocycles. The highest BCUT2D eigenvalue weighted by Crippen LogP contribution is 2.44. The van der Waals surface area contributed by atoms with Gasteiger partial charge >= 0.3 is 5.97 Å². The van der Waals surface area contributed by atoms with E-state index in [-0.39, 0.29) is 18.4 Å². The van der Waals surface area contributed by atoms with Crippen molar-refractivity contribution in [2.75, 3.05) is 6.61 Å². The predicted molar refractivity (Wildman–Crippen MR) is 118 cm³/mol. The number of halogens is 1. The molecule has 0 amide bonds. The van der Waals surface area contributed by atoms with Gasteiger partial charge in [0.05, 0.1) is 6.61 Å². The van der Waals surface area contributed by atoms with Gasteiger partial charge < -0.3 is 4.74 Å². The third-order valence-electron chi connectivity index (χ3n) is 5.77. The number of Topliss-reactive ketones (excluding diaryl/α,β-unsaturated/α-hetero) is 1. The Morgan fingerprint density at radius 3 is 2.70 bits per heavy atom. The molecule has 2 atom stereocenters. The highest BCUT2D eigenvalue weighted by molar-refractivity contribution is 6.30. The van der Waals surface area contributed by atoms with Gasteiger partial charge in [0.2, 0.25) is 0 Å². The van der Waals surface area contributed by atoms with E-state index in [1.54, 1.807) is 6.07 Å². The smallest absolute Gasteiger partial charge is 0.315 e. The zero-order valence-corrected chi connectivity index (χ0v) is 17.7. The molecule has 0 N–H and O–H groups in total. The summed E-state index contributed by atoms with van der Waals surface area (Å²) < 4.78 is 5.67. The average molecular weight is 422 g/mol. The lowest BCUT2D eigenvalue weighted by Crippen LogP contribution is -2.37. The van der Waals surface area contributed by atoms with E-state index in [0.717, 1.165) is 29.7 Å². The topological polar surface area (TPSA) is 55.7 Å². The molecule has 0 radical (unpaired) electrons. The van der Waals surface area contributed by atoms with E-state index in [2.05, 4.69) is 4.99 Å². The highest BCUT2D eigenvalue weighted by atomic mass is 35.5. The van der Waals surface area contributed by atoms with Crippen LogP contribution in [0.1, 0.15) is 43.2 Å². The van der Waals surface area contributed by atoms with Crippen molar-refractivity contribution in [1.29, 1.82) is 0 Å². The fraction of sp³-hybridized carbons (Fsp3) is 0.320. The van der Waals surface area contributed by atoms with Crippen LogP contribution in [0.25, 0.3) is 0 Å². The minimum Gasteiger partial charge on any atom is -0.465 e. The van der Waals surface area contributed by atoms with Crippen molar-refractivity contribution in [2.24, 2.45) is 10.9 Å². The van der Waals surface area contributed by atoms with Gasteiger partial charge in [-0.15, -0.1) is 0 Å². The van der Waals surface area contributed by atoms with E-state index in [1.165, 1.54) is 0 Å². The van der Waals surface area contributed by atoms with Crippen LogP contribution in [0, 0.1) is 5.92 Å². The summed E-state index contributed by atoms with van der Waals surface area (Å²) in [5, 5.41) is 0.578. The first-order valence-corrected chi connectivity index (χ1v) is 10.7. The zero-order valence-electron chi connectivity index (χ0n) is 16.9. The molecule has 4 rings (SSSR count). The quantitative estimate of drug-likeness (QED) is 0.615. The summed E-state index contributed by atoms with van der Waals surface area (Å²) >= 11 is 6.24. The van der Waals surface area contributed by atoms with Crippen molar-refractivity contribution in [3.8, 4) is 0 Å². The number of ketones is 1. The Hall–Kier alpha value is -2.72. The number of rotatable bonds is 5. The molecule has 4 nitrogen and oxygen atoms in total. The van der Waals surface area contributed by atoms with Gasteiger partial charge in [0.15, 0.2) is 5.78 Å². The van der Waals surface area contributed by atoms with Crippen molar-refractivity contribution < 1.29 is 14.3 Å². The van der Waals surface area contributed by atoms with Crippen LogP contribution < -0.4 is 0 Å². The Kier molecular flexibility index (Phi) is 6.14. The van der Waals surface area contributed by atoms with Crippen LogP contribution in [0.5, 0.6) is 0 Å². The van der Waals surface area contributed by atoms with Crippen LogP contribution in [0.4, 0.5) is 0 Å². The Bertz CT molecular complexity index is 1030. The van der Waals surface area contributed by atoms with Gasteiger partial charge in [0.25, 0.3) is 0 Å². The molecular formula is C25H24ClNO3. The molecule has 5 heteroatoms. The van der Waals surface area contributed by atoms with Crippen molar-refractivity contribution in [2.45, 2.75) is 38.5 Å². The number of ether oxygens (including phenoxy) is 1. The first-order valence-electron chi connectivity index (χ1n) is 10.3. The summed E-state index contributed by atoms with van der Waals surface area (Å²) in [5.74, 6) is -1.31. The van der Waals surface area contributed by atoms with Crippen LogP contribution in [0.15, 0.2) is 70.9 Å². The van der Waals surface area contributed by atoms with Gasteiger partial charge in [-0.25, -0.2) is 0 Å². The summed E-state index contributed by atoms with van der Waals surface area (Å²) in [6, 6.07) is 17.3. The first kappa shape index (κ1) is 20.5. The Labute approximate surface area is 181 Å². The minimum atomic E-state index is -0.625. The van der Waals surface area contributed by atoms with Gasteiger partial charge in [0.1, 0.15) is 5.92 Å². The second kappa shape index (κ2) is 8.97. The summed E-state index contributed by atoms with van der Waals surface area (Å²) in [6.45, 7) is 2.14. The van der Waals surface area contributed by atoms with Gasteiger partial charge in [0, 0.05) is 40.8 Å². The third-order valence-corrected chi connectivity index (χ3v) is 6.01. The maximum atomic E-state index is 13.2. The van der Waals surface area contributed by atoms with E-state index in [9.17, 15) is 9.59 Å². The molecule has 154 valence electrons. The molecule has 1 aliphatic carbocycles. The Morgan fingerprint density at radius 2 is 1.93 bits per heavy atom. The molecule has 2 aromatic rings. The van der Waals surface area contributed by atoms with Crippen molar-refractivity contribution in [3.05, 3.63) is 82.0 Å². The average Bonchev–Trinajstić information content (AvgIpc) is 2.73. The normalized spacial score (nSPS) is 21.1. The summed E-state index contributed by atoms with van der Waals surface area (Å²) in [7, 11) is 0. The van der Waals surface area contributed by atoms with Crippen LogP contribution in [-0.2, 0) is 20.7 Å². The Balaban J connectivity index is 1.63. The molecule has 0 fully saturated rings. The van der Waals surface area contributed by atoms with E-state index < -0.39 is 11.8 Å². The number of allylic oxidation sites excluding steroid dienone is 2. The number of aliphatic imine (C=N–C) groups is 1. The molecule has 1 unspecified atom stereocenters. The number of benzene rings is 2. The molecule has 0 spiro atoms. The monoisotopic (exact) mass is 421 g/mol. The number of nitrogens with zero attached hydrogens (tertiary/aromatic N) is 1. The zero-order chi connectivity index (χ0) is 21.1. The molecule has 0 saturated carbocycles. The molecule has 0 aromatic heterocycles. The molecule has 30 heavy (non-hydrogen) atoms. The van der Waals surface area contributed by atoms with E-state index in [0.29, 0.717) is 29.1 Å². The molecule has 1 heterocycles. The van der Waals surface area contributed by atoms with Crippen molar-refractivity contribution in [1.82, 2.24) is 0 Å². The van der Waals surface area contributed by atoms with Crippen LogP contribution >= 0.6 is 11.6 Å². The van der Waals surface area contributed by atoms with Gasteiger partial charge in [-0.2, -0.15) is 0 Å². The molecule has 2 aromatic carbocycles. The number of hydrogen-bond acceptors (Lipinski definition) is 4. The maximum Gasteiger partial charge on any atom is 0.315 e. The van der Waals surface area contributed by atoms with Crippen LogP contribution in [0.2, 0.25) is 5.02 Å². The number of esters is 1. The maximum absolute atomic E-state index is 13.2. The Morgan fingerprint density at radius 1 is 1.13 bits per heavy atom. The van der Waals surface area contributed by atoms with E-state index >= 15 is 0 Å². The second-order valence-corrected chi connectivity index (χ2v) is 8.24. The van der Waals surface area contributed by atoms with Crippen LogP contribution in [-0.4, -0.2) is 24.1 Å². The lowest BCUT2D eigenvalue weighted by molar-refractivity contribution is -0.146.